The molecule has 0 aliphatic carbocycles. The van der Waals surface area contributed by atoms with Gasteiger partial charge in [-0.15, -0.1) is 0 Å². The van der Waals surface area contributed by atoms with Crippen LogP contribution in [-0.4, -0.2) is 35.8 Å². The molecular formula is C24H28N5O2S+. The third-order valence-electron chi connectivity index (χ3n) is 5.54. The van der Waals surface area contributed by atoms with Gasteiger partial charge in [0.1, 0.15) is 0 Å². The van der Waals surface area contributed by atoms with Crippen LogP contribution in [0.4, 0.5) is 11.4 Å². The monoisotopic (exact) mass is 450 g/mol. The third-order valence-corrected chi connectivity index (χ3v) is 6.49. The number of rotatable bonds is 6. The highest BCUT2D eigenvalue weighted by molar-refractivity contribution is 7.99. The molecule has 1 N–H and O–H groups in total. The predicted octanol–water partition coefficient (Wildman–Crippen LogP) is 3.60. The van der Waals surface area contributed by atoms with Crippen molar-refractivity contribution < 1.29 is 9.48 Å². The van der Waals surface area contributed by atoms with Gasteiger partial charge in [0, 0.05) is 43.1 Å². The second-order valence-corrected chi connectivity index (χ2v) is 9.10. The first-order valence-electron chi connectivity index (χ1n) is 10.8. The molecule has 0 saturated heterocycles. The van der Waals surface area contributed by atoms with Gasteiger partial charge in [0.25, 0.3) is 6.17 Å². The van der Waals surface area contributed by atoms with Gasteiger partial charge >= 0.3 is 11.3 Å². The Morgan fingerprint density at radius 1 is 1.19 bits per heavy atom. The van der Waals surface area contributed by atoms with E-state index in [0.29, 0.717) is 22.1 Å². The molecule has 0 saturated carbocycles. The van der Waals surface area contributed by atoms with Crippen molar-refractivity contribution in [2.24, 2.45) is 0 Å². The van der Waals surface area contributed by atoms with Crippen LogP contribution in [0.15, 0.2) is 58.5 Å². The lowest BCUT2D eigenvalue weighted by Crippen LogP contribution is -2.60. The maximum Gasteiger partial charge on any atom is 0.325 e. The van der Waals surface area contributed by atoms with Gasteiger partial charge in [0.05, 0.1) is 11.3 Å². The van der Waals surface area contributed by atoms with E-state index in [1.807, 2.05) is 67.5 Å². The average molecular weight is 451 g/mol. The number of nitrogens with zero attached hydrogens (tertiary/aromatic N) is 4. The number of para-hydroxylation sites is 1. The predicted molar refractivity (Wildman–Crippen MR) is 128 cm³/mol. The molecule has 1 atom stereocenters. The summed E-state index contributed by atoms with van der Waals surface area (Å²) in [6.07, 6.45) is 1.55. The van der Waals surface area contributed by atoms with Crippen molar-refractivity contribution in [1.29, 1.82) is 0 Å². The van der Waals surface area contributed by atoms with Crippen molar-refractivity contribution in [3.05, 3.63) is 64.4 Å². The van der Waals surface area contributed by atoms with Crippen LogP contribution in [0, 0.1) is 0 Å². The number of hydrogen-bond acceptors (Lipinski definition) is 5. The SMILES string of the molecule is CCCCSc1n[n+]2c(c(=O)[nH]1)-c1ccccc1N(C(C)=O)C2c1ccc(N(C)C)cc1. The minimum absolute atomic E-state index is 0.112. The number of hydrogen-bond donors (Lipinski definition) is 1. The number of aromatic amines is 1. The smallest absolute Gasteiger partial charge is 0.325 e. The molecule has 1 aliphatic rings. The molecule has 4 rings (SSSR count). The van der Waals surface area contributed by atoms with Crippen LogP contribution in [0.3, 0.4) is 0 Å². The number of nitrogens with one attached hydrogen (secondary N) is 1. The fourth-order valence-electron chi connectivity index (χ4n) is 3.94. The Kier molecular flexibility index (Phi) is 6.32. The molecule has 0 spiro atoms. The lowest BCUT2D eigenvalue weighted by molar-refractivity contribution is -0.763. The molecule has 0 radical (unpaired) electrons. The Hall–Kier alpha value is -3.13. The zero-order valence-electron chi connectivity index (χ0n) is 18.8. The zero-order valence-corrected chi connectivity index (χ0v) is 19.6. The lowest BCUT2D eigenvalue weighted by Gasteiger charge is -2.31. The molecule has 1 aliphatic heterocycles. The lowest BCUT2D eigenvalue weighted by atomic mass is 10.0. The molecule has 1 amide bonds. The maximum atomic E-state index is 13.2. The molecule has 32 heavy (non-hydrogen) atoms. The van der Waals surface area contributed by atoms with Crippen LogP contribution in [0.2, 0.25) is 0 Å². The summed E-state index contributed by atoms with van der Waals surface area (Å²) in [4.78, 5) is 32.8. The van der Waals surface area contributed by atoms with E-state index < -0.39 is 6.17 Å². The van der Waals surface area contributed by atoms with Crippen LogP contribution >= 0.6 is 11.8 Å². The number of carbonyl (C=O) groups excluding carboxylic acids is 1. The van der Waals surface area contributed by atoms with Crippen molar-refractivity contribution in [1.82, 2.24) is 10.1 Å². The molecule has 0 fully saturated rings. The number of aromatic nitrogens is 3. The number of unbranched alkanes of at least 4 members (excludes halogenated alkanes) is 1. The first kappa shape index (κ1) is 22.1. The topological polar surface area (TPSA) is 73.2 Å². The summed E-state index contributed by atoms with van der Waals surface area (Å²) in [7, 11) is 3.97. The molecule has 2 aromatic carbocycles. The Balaban J connectivity index is 1.93. The normalized spacial score (nSPS) is 14.6. The first-order chi connectivity index (χ1) is 15.4. The third kappa shape index (κ3) is 4.02. The molecule has 166 valence electrons. The van der Waals surface area contributed by atoms with Crippen LogP contribution < -0.4 is 20.0 Å². The van der Waals surface area contributed by atoms with E-state index in [0.717, 1.165) is 29.8 Å². The highest BCUT2D eigenvalue weighted by atomic mass is 32.2. The largest absolute Gasteiger partial charge is 0.378 e. The number of fused-ring (bicyclic) bond motifs is 3. The van der Waals surface area contributed by atoms with Crippen molar-refractivity contribution in [2.75, 3.05) is 29.6 Å². The number of thioether (sulfide) groups is 1. The quantitative estimate of drug-likeness (QED) is 0.353. The second-order valence-electron chi connectivity index (χ2n) is 8.02. The molecule has 2 heterocycles. The summed E-state index contributed by atoms with van der Waals surface area (Å²) in [5.74, 6) is 0.758. The van der Waals surface area contributed by atoms with E-state index in [1.54, 1.807) is 16.5 Å². The number of H-pyrrole nitrogens is 1. The van der Waals surface area contributed by atoms with Gasteiger partial charge in [-0.2, -0.15) is 0 Å². The van der Waals surface area contributed by atoms with Crippen LogP contribution in [-0.2, 0) is 4.79 Å². The average Bonchev–Trinajstić information content (AvgIpc) is 2.78. The summed E-state index contributed by atoms with van der Waals surface area (Å²) in [5.41, 5.74) is 3.60. The highest BCUT2D eigenvalue weighted by Crippen LogP contribution is 2.37. The van der Waals surface area contributed by atoms with Gasteiger partial charge in [0.15, 0.2) is 0 Å². The van der Waals surface area contributed by atoms with E-state index in [2.05, 4.69) is 11.9 Å². The summed E-state index contributed by atoms with van der Waals surface area (Å²) >= 11 is 1.53. The van der Waals surface area contributed by atoms with Gasteiger partial charge in [-0.25, -0.2) is 4.90 Å². The van der Waals surface area contributed by atoms with Crippen LogP contribution in [0.25, 0.3) is 11.3 Å². The molecule has 3 aromatic rings. The van der Waals surface area contributed by atoms with Crippen molar-refractivity contribution >= 4 is 29.0 Å². The Labute approximate surface area is 192 Å². The van der Waals surface area contributed by atoms with Crippen molar-refractivity contribution in [2.45, 2.75) is 38.0 Å². The van der Waals surface area contributed by atoms with Gasteiger partial charge < -0.3 is 4.90 Å². The number of carbonyl (C=O) groups is 1. The minimum atomic E-state index is -0.554. The Morgan fingerprint density at radius 3 is 2.56 bits per heavy atom. The fraction of sp³-hybridized carbons (Fsp3) is 0.333. The van der Waals surface area contributed by atoms with E-state index in [9.17, 15) is 9.59 Å². The molecule has 1 aromatic heterocycles. The molecule has 7 nitrogen and oxygen atoms in total. The van der Waals surface area contributed by atoms with E-state index in [-0.39, 0.29) is 11.5 Å². The summed E-state index contributed by atoms with van der Waals surface area (Å²) in [6, 6.07) is 15.5. The Bertz CT molecular complexity index is 1190. The zero-order chi connectivity index (χ0) is 22.8. The minimum Gasteiger partial charge on any atom is -0.378 e. The molecule has 0 bridgehead atoms. The maximum absolute atomic E-state index is 13.2. The van der Waals surface area contributed by atoms with Crippen molar-refractivity contribution in [3.8, 4) is 11.3 Å². The van der Waals surface area contributed by atoms with Crippen molar-refractivity contribution in [3.63, 3.8) is 0 Å². The van der Waals surface area contributed by atoms with Gasteiger partial charge in [0.2, 0.25) is 11.1 Å². The van der Waals surface area contributed by atoms with Crippen LogP contribution in [0.1, 0.15) is 38.4 Å². The first-order valence-corrected chi connectivity index (χ1v) is 11.8. The van der Waals surface area contributed by atoms with E-state index in [1.165, 1.54) is 11.8 Å². The number of anilines is 2. The van der Waals surface area contributed by atoms with E-state index >= 15 is 0 Å². The van der Waals surface area contributed by atoms with E-state index in [4.69, 9.17) is 5.10 Å². The summed E-state index contributed by atoms with van der Waals surface area (Å²) in [5, 5.41) is 5.37. The van der Waals surface area contributed by atoms with Gasteiger partial charge in [-0.05, 0) is 47.5 Å². The number of benzene rings is 2. The molecule has 1 unspecified atom stereocenters. The standard InChI is InChI=1S/C24H27N5O2S/c1-5-6-15-32-24-25-22(31)21-19-9-7-8-10-20(19)28(16(2)30)23(29(21)26-24)17-11-13-18(14-12-17)27(3)4/h7-14,23H,5-6,15H2,1-4H3/p+1. The van der Waals surface area contributed by atoms with Crippen LogP contribution in [0.5, 0.6) is 0 Å². The second kappa shape index (κ2) is 9.16. The molecule has 8 heteroatoms. The summed E-state index contributed by atoms with van der Waals surface area (Å²) < 4.78 is 1.71. The van der Waals surface area contributed by atoms with Gasteiger partial charge in [-0.1, -0.05) is 37.2 Å². The molecular weight excluding hydrogens is 422 g/mol. The highest BCUT2D eigenvalue weighted by Gasteiger charge is 2.44. The van der Waals surface area contributed by atoms with Gasteiger partial charge in [-0.3, -0.25) is 14.6 Å². The number of amides is 1. The Morgan fingerprint density at radius 2 is 1.91 bits per heavy atom. The fourth-order valence-corrected chi connectivity index (χ4v) is 4.87. The summed E-state index contributed by atoms with van der Waals surface area (Å²) in [6.45, 7) is 3.68.